The second-order valence-corrected chi connectivity index (χ2v) is 7.72. The molecule has 0 spiro atoms. The molecule has 0 unspecified atom stereocenters. The minimum Gasteiger partial charge on any atom is -0.305 e. The Kier molecular flexibility index (Phi) is 5.07. The number of benzene rings is 2. The van der Waals surface area contributed by atoms with Crippen LogP contribution in [0.4, 0.5) is 4.39 Å². The summed E-state index contributed by atoms with van der Waals surface area (Å²) in [6, 6.07) is 12.2. The molecule has 1 aliphatic carbocycles. The molecular formula is C21H20FN3OS. The van der Waals surface area contributed by atoms with Crippen LogP contribution in [0.2, 0.25) is 0 Å². The molecule has 27 heavy (non-hydrogen) atoms. The van der Waals surface area contributed by atoms with E-state index in [1.165, 1.54) is 47.9 Å². The molecule has 0 N–H and O–H groups in total. The summed E-state index contributed by atoms with van der Waals surface area (Å²) >= 11 is 1.37. The summed E-state index contributed by atoms with van der Waals surface area (Å²) in [4.78, 5) is 12.6. The number of nitrogens with zero attached hydrogens (tertiary/aromatic N) is 3. The number of rotatable bonds is 5. The number of hydrogen-bond acceptors (Lipinski definition) is 4. The zero-order valence-electron chi connectivity index (χ0n) is 15.1. The Labute approximate surface area is 161 Å². The Morgan fingerprint density at radius 1 is 1.07 bits per heavy atom. The Bertz CT molecular complexity index is 982. The van der Waals surface area contributed by atoms with Crippen molar-refractivity contribution in [1.29, 1.82) is 0 Å². The lowest BCUT2D eigenvalue weighted by molar-refractivity contribution is 0.102. The molecule has 1 aromatic heterocycles. The fourth-order valence-electron chi connectivity index (χ4n) is 3.41. The molecule has 0 saturated heterocycles. The standard InChI is InChI=1S/C21H20FN3OS/c1-25-20(15-8-10-18(22)11-9-15)23-24-21(25)27-13-19(26)17-7-6-14-4-2-3-5-16(14)12-17/h6-12H,2-5,13H2,1H3. The van der Waals surface area contributed by atoms with Crippen LogP contribution < -0.4 is 0 Å². The van der Waals surface area contributed by atoms with Crippen LogP contribution in [-0.2, 0) is 19.9 Å². The SMILES string of the molecule is Cn1c(SCC(=O)c2ccc3c(c2)CCCC3)nnc1-c1ccc(F)cc1. The van der Waals surface area contributed by atoms with E-state index in [0.29, 0.717) is 16.7 Å². The number of fused-ring (bicyclic) bond motifs is 1. The summed E-state index contributed by atoms with van der Waals surface area (Å²) in [6.07, 6.45) is 4.61. The van der Waals surface area contributed by atoms with E-state index in [-0.39, 0.29) is 11.6 Å². The highest BCUT2D eigenvalue weighted by atomic mass is 32.2. The van der Waals surface area contributed by atoms with E-state index in [1.54, 1.807) is 12.1 Å². The van der Waals surface area contributed by atoms with Gasteiger partial charge < -0.3 is 4.57 Å². The van der Waals surface area contributed by atoms with Crippen molar-refractivity contribution < 1.29 is 9.18 Å². The third kappa shape index (κ3) is 3.81. The van der Waals surface area contributed by atoms with Crippen molar-refractivity contribution in [3.63, 3.8) is 0 Å². The van der Waals surface area contributed by atoms with Crippen molar-refractivity contribution >= 4 is 17.5 Å². The molecular weight excluding hydrogens is 361 g/mol. The summed E-state index contributed by atoms with van der Waals surface area (Å²) in [5.74, 6) is 0.776. The third-order valence-corrected chi connectivity index (χ3v) is 5.96. The lowest BCUT2D eigenvalue weighted by Gasteiger charge is -2.16. The second-order valence-electron chi connectivity index (χ2n) is 6.77. The molecule has 0 fully saturated rings. The summed E-state index contributed by atoms with van der Waals surface area (Å²) < 4.78 is 14.9. The zero-order valence-corrected chi connectivity index (χ0v) is 15.9. The van der Waals surface area contributed by atoms with Crippen molar-refractivity contribution in [2.75, 3.05) is 5.75 Å². The van der Waals surface area contributed by atoms with Crippen LogP contribution in [0.1, 0.15) is 34.3 Å². The van der Waals surface area contributed by atoms with E-state index in [0.717, 1.165) is 24.0 Å². The maximum Gasteiger partial charge on any atom is 0.191 e. The van der Waals surface area contributed by atoms with Gasteiger partial charge in [-0.3, -0.25) is 4.79 Å². The number of hydrogen-bond donors (Lipinski definition) is 0. The van der Waals surface area contributed by atoms with Crippen LogP contribution in [0.15, 0.2) is 47.6 Å². The van der Waals surface area contributed by atoms with Crippen molar-refractivity contribution in [3.05, 3.63) is 65.0 Å². The molecule has 2 aromatic carbocycles. The van der Waals surface area contributed by atoms with Gasteiger partial charge in [0.15, 0.2) is 16.8 Å². The van der Waals surface area contributed by atoms with Gasteiger partial charge in [0.2, 0.25) is 0 Å². The molecule has 138 valence electrons. The van der Waals surface area contributed by atoms with Gasteiger partial charge in [0, 0.05) is 18.2 Å². The fraction of sp³-hybridized carbons (Fsp3) is 0.286. The summed E-state index contributed by atoms with van der Waals surface area (Å²) in [6.45, 7) is 0. The summed E-state index contributed by atoms with van der Waals surface area (Å²) in [5.41, 5.74) is 4.25. The fourth-order valence-corrected chi connectivity index (χ4v) is 4.22. The Balaban J connectivity index is 1.46. The lowest BCUT2D eigenvalue weighted by Crippen LogP contribution is -2.08. The van der Waals surface area contributed by atoms with E-state index < -0.39 is 0 Å². The molecule has 1 aliphatic rings. The first kappa shape index (κ1) is 17.9. The number of carbonyl (C=O) groups is 1. The minimum atomic E-state index is -0.286. The minimum absolute atomic E-state index is 0.0969. The first-order chi connectivity index (χ1) is 13.1. The quantitative estimate of drug-likeness (QED) is 0.483. The molecule has 0 bridgehead atoms. The van der Waals surface area contributed by atoms with Crippen LogP contribution in [0.5, 0.6) is 0 Å². The first-order valence-corrected chi connectivity index (χ1v) is 10.0. The number of thioether (sulfide) groups is 1. The van der Waals surface area contributed by atoms with Gasteiger partial charge in [-0.25, -0.2) is 4.39 Å². The van der Waals surface area contributed by atoms with Crippen LogP contribution in [0.3, 0.4) is 0 Å². The van der Waals surface area contributed by atoms with Crippen LogP contribution in [0, 0.1) is 5.82 Å². The first-order valence-electron chi connectivity index (χ1n) is 9.05. The molecule has 3 aromatic rings. The molecule has 0 saturated carbocycles. The van der Waals surface area contributed by atoms with Crippen LogP contribution in [0.25, 0.3) is 11.4 Å². The van der Waals surface area contributed by atoms with Gasteiger partial charge in [-0.05, 0) is 67.1 Å². The van der Waals surface area contributed by atoms with E-state index in [4.69, 9.17) is 0 Å². The lowest BCUT2D eigenvalue weighted by atomic mass is 9.90. The van der Waals surface area contributed by atoms with E-state index in [2.05, 4.69) is 22.3 Å². The topological polar surface area (TPSA) is 47.8 Å². The van der Waals surface area contributed by atoms with Gasteiger partial charge in [-0.1, -0.05) is 23.9 Å². The average molecular weight is 381 g/mol. The van der Waals surface area contributed by atoms with Crippen LogP contribution in [-0.4, -0.2) is 26.3 Å². The molecule has 1 heterocycles. The van der Waals surface area contributed by atoms with Crippen molar-refractivity contribution in [2.45, 2.75) is 30.8 Å². The van der Waals surface area contributed by atoms with Gasteiger partial charge >= 0.3 is 0 Å². The molecule has 0 radical (unpaired) electrons. The molecule has 6 heteroatoms. The van der Waals surface area contributed by atoms with Crippen molar-refractivity contribution in [3.8, 4) is 11.4 Å². The van der Waals surface area contributed by atoms with Gasteiger partial charge in [0.25, 0.3) is 0 Å². The maximum absolute atomic E-state index is 13.1. The van der Waals surface area contributed by atoms with Gasteiger partial charge in [-0.2, -0.15) is 0 Å². The number of aromatic nitrogens is 3. The zero-order chi connectivity index (χ0) is 18.8. The van der Waals surface area contributed by atoms with Gasteiger partial charge in [0.1, 0.15) is 5.82 Å². The second kappa shape index (κ2) is 7.64. The van der Waals surface area contributed by atoms with Crippen LogP contribution >= 0.6 is 11.8 Å². The Hall–Kier alpha value is -2.47. The highest BCUT2D eigenvalue weighted by Crippen LogP contribution is 2.25. The van der Waals surface area contributed by atoms with E-state index in [1.807, 2.05) is 17.7 Å². The molecule has 0 aliphatic heterocycles. The predicted molar refractivity (Wildman–Crippen MR) is 105 cm³/mol. The maximum atomic E-state index is 13.1. The number of aryl methyl sites for hydroxylation is 2. The molecule has 0 amide bonds. The van der Waals surface area contributed by atoms with Gasteiger partial charge in [0.05, 0.1) is 5.75 Å². The number of carbonyl (C=O) groups excluding carboxylic acids is 1. The Morgan fingerprint density at radius 3 is 2.59 bits per heavy atom. The molecule has 4 nitrogen and oxygen atoms in total. The largest absolute Gasteiger partial charge is 0.305 e. The molecule has 4 rings (SSSR count). The van der Waals surface area contributed by atoms with E-state index >= 15 is 0 Å². The normalized spacial score (nSPS) is 13.4. The average Bonchev–Trinajstić information content (AvgIpc) is 3.07. The summed E-state index contributed by atoms with van der Waals surface area (Å²) in [5, 5.41) is 9.03. The summed E-state index contributed by atoms with van der Waals surface area (Å²) in [7, 11) is 1.85. The highest BCUT2D eigenvalue weighted by molar-refractivity contribution is 7.99. The number of ketones is 1. The monoisotopic (exact) mass is 381 g/mol. The third-order valence-electron chi connectivity index (χ3n) is 4.94. The number of Topliss-reactive ketones (excluding diaryl/α,β-unsaturated/α-hetero) is 1. The smallest absolute Gasteiger partial charge is 0.191 e. The van der Waals surface area contributed by atoms with Crippen molar-refractivity contribution in [1.82, 2.24) is 14.8 Å². The van der Waals surface area contributed by atoms with Gasteiger partial charge in [-0.15, -0.1) is 10.2 Å². The Morgan fingerprint density at radius 2 is 1.81 bits per heavy atom. The predicted octanol–water partition coefficient (Wildman–Crippen LogP) is 4.48. The number of halogens is 1. The van der Waals surface area contributed by atoms with E-state index in [9.17, 15) is 9.18 Å². The molecule has 0 atom stereocenters. The highest BCUT2D eigenvalue weighted by Gasteiger charge is 2.16. The van der Waals surface area contributed by atoms with Crippen molar-refractivity contribution in [2.24, 2.45) is 7.05 Å².